The van der Waals surface area contributed by atoms with E-state index in [9.17, 15) is 46.0 Å². The molecule has 12 heteroatoms. The predicted molar refractivity (Wildman–Crippen MR) is 73.2 cm³/mol. The molecular weight excluding hydrogens is 376 g/mol. The molecule has 0 amide bonds. The van der Waals surface area contributed by atoms with Crippen LogP contribution in [0.4, 0.5) is 32.0 Å². The van der Waals surface area contributed by atoms with E-state index in [-0.39, 0.29) is 0 Å². The molecule has 0 aliphatic rings. The molecule has 0 N–H and O–H groups in total. The van der Waals surface area contributed by atoms with Gasteiger partial charge < -0.3 is 4.74 Å². The summed E-state index contributed by atoms with van der Waals surface area (Å²) in [6.45, 7) is 0. The van der Waals surface area contributed by atoms with Crippen molar-refractivity contribution in [2.45, 2.75) is 25.2 Å². The average molecular weight is 387 g/mol. The van der Waals surface area contributed by atoms with Crippen molar-refractivity contribution in [1.29, 1.82) is 0 Å². The molecule has 0 bridgehead atoms. The normalized spacial score (nSPS) is 12.6. The Balaban J connectivity index is 3.22. The second-order valence-corrected chi connectivity index (χ2v) is 5.12. The van der Waals surface area contributed by atoms with E-state index in [1.54, 1.807) is 0 Å². The number of non-ortho nitro benzene ring substituents is 1. The Hall–Kier alpha value is -2.66. The molecular formula is C14H11F6NO5. The topological polar surface area (TPSA) is 86.5 Å². The molecule has 0 unspecified atom stereocenters. The van der Waals surface area contributed by atoms with Crippen molar-refractivity contribution in [2.24, 2.45) is 5.41 Å². The summed E-state index contributed by atoms with van der Waals surface area (Å²) in [5.74, 6) is -3.82. The number of esters is 1. The summed E-state index contributed by atoms with van der Waals surface area (Å²) in [5.41, 5.74) is -5.91. The Morgan fingerprint density at radius 2 is 1.65 bits per heavy atom. The Labute approximate surface area is 141 Å². The lowest BCUT2D eigenvalue weighted by Crippen LogP contribution is -2.56. The number of ketones is 1. The highest BCUT2D eigenvalue weighted by Crippen LogP contribution is 2.54. The number of carbonyl (C=O) groups is 2. The van der Waals surface area contributed by atoms with E-state index in [2.05, 4.69) is 4.74 Å². The molecule has 26 heavy (non-hydrogen) atoms. The number of nitro groups is 1. The van der Waals surface area contributed by atoms with Crippen LogP contribution < -0.4 is 0 Å². The molecule has 0 saturated carbocycles. The summed E-state index contributed by atoms with van der Waals surface area (Å²) in [7, 11) is 0.358. The number of hydrogen-bond donors (Lipinski definition) is 0. The Morgan fingerprint density at radius 1 is 1.12 bits per heavy atom. The second kappa shape index (κ2) is 7.30. The van der Waals surface area contributed by atoms with E-state index in [1.807, 2.05) is 0 Å². The molecule has 1 aromatic carbocycles. The fourth-order valence-electron chi connectivity index (χ4n) is 2.19. The molecule has 0 aromatic heterocycles. The highest BCUT2D eigenvalue weighted by molar-refractivity contribution is 5.97. The quantitative estimate of drug-likeness (QED) is 0.243. The second-order valence-electron chi connectivity index (χ2n) is 5.12. The van der Waals surface area contributed by atoms with Crippen molar-refractivity contribution in [2.75, 3.05) is 7.11 Å². The fraction of sp³-hybridized carbons (Fsp3) is 0.429. The third-order valence-electron chi connectivity index (χ3n) is 3.61. The lowest BCUT2D eigenvalue weighted by Gasteiger charge is -2.34. The van der Waals surface area contributed by atoms with Gasteiger partial charge >= 0.3 is 18.3 Å². The Bertz CT molecular complexity index is 699. The standard InChI is InChI=1S/C14H11F6NO5/c1-26-11(23)12(13(15,16)17,14(18,19)20)6-5-10(22)8-3-2-4-9(7-8)21(24)25/h2-4,7H,5-6H2,1H3. The molecule has 0 aliphatic heterocycles. The van der Waals surface area contributed by atoms with Crippen LogP contribution in [0.5, 0.6) is 0 Å². The van der Waals surface area contributed by atoms with Gasteiger partial charge in [0, 0.05) is 24.1 Å². The number of ether oxygens (including phenoxy) is 1. The smallest absolute Gasteiger partial charge is 0.413 e. The summed E-state index contributed by atoms with van der Waals surface area (Å²) < 4.78 is 82.3. The van der Waals surface area contributed by atoms with E-state index in [1.165, 1.54) is 0 Å². The van der Waals surface area contributed by atoms with Crippen LogP contribution in [0.2, 0.25) is 0 Å². The summed E-state index contributed by atoms with van der Waals surface area (Å²) in [5, 5.41) is 10.6. The van der Waals surface area contributed by atoms with Gasteiger partial charge in [0.2, 0.25) is 0 Å². The van der Waals surface area contributed by atoms with Gasteiger partial charge in [-0.15, -0.1) is 0 Å². The molecule has 0 radical (unpaired) electrons. The number of nitrogens with zero attached hydrogens (tertiary/aromatic N) is 1. The number of methoxy groups -OCH3 is 1. The molecule has 6 nitrogen and oxygen atoms in total. The lowest BCUT2D eigenvalue weighted by molar-refractivity contribution is -0.384. The molecule has 0 fully saturated rings. The number of carbonyl (C=O) groups excluding carboxylic acids is 2. The minimum absolute atomic E-state index is 0.358. The number of rotatable bonds is 6. The lowest BCUT2D eigenvalue weighted by atomic mass is 9.80. The van der Waals surface area contributed by atoms with E-state index < -0.39 is 58.5 Å². The summed E-state index contributed by atoms with van der Waals surface area (Å²) in [4.78, 5) is 33.0. The summed E-state index contributed by atoms with van der Waals surface area (Å²) >= 11 is 0. The van der Waals surface area contributed by atoms with E-state index in [0.717, 1.165) is 18.2 Å². The van der Waals surface area contributed by atoms with Crippen LogP contribution in [0.15, 0.2) is 24.3 Å². The maximum atomic E-state index is 13.1. The zero-order valence-electron chi connectivity index (χ0n) is 13.0. The van der Waals surface area contributed by atoms with E-state index in [4.69, 9.17) is 0 Å². The number of nitro benzene ring substituents is 1. The molecule has 1 aromatic rings. The zero-order valence-corrected chi connectivity index (χ0v) is 13.0. The maximum absolute atomic E-state index is 13.1. The number of benzene rings is 1. The first-order chi connectivity index (χ1) is 11.8. The van der Waals surface area contributed by atoms with Crippen molar-refractivity contribution in [1.82, 2.24) is 0 Å². The van der Waals surface area contributed by atoms with Crippen LogP contribution in [0.1, 0.15) is 23.2 Å². The highest BCUT2D eigenvalue weighted by atomic mass is 19.4. The Kier molecular flexibility index (Phi) is 6.00. The summed E-state index contributed by atoms with van der Waals surface area (Å²) in [6.07, 6.45) is -15.4. The van der Waals surface area contributed by atoms with E-state index >= 15 is 0 Å². The van der Waals surface area contributed by atoms with Crippen molar-refractivity contribution in [3.05, 3.63) is 39.9 Å². The highest BCUT2D eigenvalue weighted by Gasteiger charge is 2.76. The Morgan fingerprint density at radius 3 is 2.08 bits per heavy atom. The molecule has 0 spiro atoms. The molecule has 144 valence electrons. The van der Waals surface area contributed by atoms with Crippen molar-refractivity contribution >= 4 is 17.4 Å². The predicted octanol–water partition coefficient (Wildman–Crippen LogP) is 3.84. The first kappa shape index (κ1) is 21.4. The fourth-order valence-corrected chi connectivity index (χ4v) is 2.19. The largest absolute Gasteiger partial charge is 0.468 e. The average Bonchev–Trinajstić information content (AvgIpc) is 2.52. The van der Waals surface area contributed by atoms with Gasteiger partial charge in [-0.05, 0) is 6.42 Å². The van der Waals surface area contributed by atoms with Crippen molar-refractivity contribution < 1.29 is 45.6 Å². The minimum atomic E-state index is -6.07. The minimum Gasteiger partial charge on any atom is -0.468 e. The van der Waals surface area contributed by atoms with Gasteiger partial charge in [0.25, 0.3) is 11.1 Å². The SMILES string of the molecule is COC(=O)C(CCC(=O)c1cccc([N+](=O)[O-])c1)(C(F)(F)F)C(F)(F)F. The molecule has 0 heterocycles. The van der Waals surface area contributed by atoms with Crippen LogP contribution >= 0.6 is 0 Å². The van der Waals surface area contributed by atoms with Gasteiger partial charge in [-0.3, -0.25) is 19.7 Å². The number of hydrogen-bond acceptors (Lipinski definition) is 5. The van der Waals surface area contributed by atoms with Gasteiger partial charge in [0.15, 0.2) is 5.78 Å². The van der Waals surface area contributed by atoms with Crippen LogP contribution in [0.3, 0.4) is 0 Å². The van der Waals surface area contributed by atoms with Crippen LogP contribution in [-0.2, 0) is 9.53 Å². The molecule has 0 aliphatic carbocycles. The van der Waals surface area contributed by atoms with Gasteiger partial charge in [0.1, 0.15) is 0 Å². The van der Waals surface area contributed by atoms with Crippen molar-refractivity contribution in [3.63, 3.8) is 0 Å². The molecule has 1 rings (SSSR count). The van der Waals surface area contributed by atoms with Crippen LogP contribution in [0.25, 0.3) is 0 Å². The number of alkyl halides is 6. The van der Waals surface area contributed by atoms with Gasteiger partial charge in [-0.1, -0.05) is 12.1 Å². The third-order valence-corrected chi connectivity index (χ3v) is 3.61. The first-order valence-corrected chi connectivity index (χ1v) is 6.77. The zero-order chi connectivity index (χ0) is 20.3. The molecule has 0 atom stereocenters. The third kappa shape index (κ3) is 3.94. The monoisotopic (exact) mass is 387 g/mol. The van der Waals surface area contributed by atoms with Crippen molar-refractivity contribution in [3.8, 4) is 0 Å². The summed E-state index contributed by atoms with van der Waals surface area (Å²) in [6, 6.07) is 3.74. The van der Waals surface area contributed by atoms with Gasteiger partial charge in [0.05, 0.1) is 12.0 Å². The van der Waals surface area contributed by atoms with Crippen LogP contribution in [-0.4, -0.2) is 36.1 Å². The number of Topliss-reactive ketones (excluding diaryl/α,β-unsaturated/α-hetero) is 1. The first-order valence-electron chi connectivity index (χ1n) is 6.77. The number of halogens is 6. The van der Waals surface area contributed by atoms with Crippen LogP contribution in [0, 0.1) is 15.5 Å². The maximum Gasteiger partial charge on any atom is 0.413 e. The molecule has 0 saturated heterocycles. The van der Waals surface area contributed by atoms with E-state index in [0.29, 0.717) is 13.2 Å². The van der Waals surface area contributed by atoms with Gasteiger partial charge in [-0.2, -0.15) is 26.3 Å². The van der Waals surface area contributed by atoms with Gasteiger partial charge in [-0.25, -0.2) is 0 Å².